The predicted molar refractivity (Wildman–Crippen MR) is 326 cm³/mol. The first-order chi connectivity index (χ1) is 40.1. The zero-order chi connectivity index (χ0) is 53.4. The lowest BCUT2D eigenvalue weighted by Gasteiger charge is -2.42. The lowest BCUT2D eigenvalue weighted by molar-refractivity contribution is 0.754. The third-order valence-corrected chi connectivity index (χ3v) is 17.0. The summed E-state index contributed by atoms with van der Waals surface area (Å²) >= 11 is 0. The maximum absolute atomic E-state index is 5.39. The van der Waals surface area contributed by atoms with Crippen molar-refractivity contribution in [1.82, 2.24) is 24.9 Å². The smallest absolute Gasteiger partial charge is 0.164 e. The molecule has 0 aliphatic heterocycles. The molecule has 0 fully saturated rings. The molecule has 0 saturated carbocycles. The molecule has 2 atom stereocenters. The highest BCUT2D eigenvalue weighted by Gasteiger charge is 2.46. The second kappa shape index (κ2) is 18.9. The van der Waals surface area contributed by atoms with Crippen LogP contribution < -0.4 is 0 Å². The van der Waals surface area contributed by atoms with Gasteiger partial charge < -0.3 is 0 Å². The van der Waals surface area contributed by atoms with E-state index in [4.69, 9.17) is 24.9 Å². The normalized spacial score (nSPS) is 14.8. The van der Waals surface area contributed by atoms with Crippen LogP contribution >= 0.6 is 0 Å². The molecule has 4 aliphatic rings. The quantitative estimate of drug-likeness (QED) is 0.144. The molecule has 378 valence electrons. The Bertz CT molecular complexity index is 4480. The highest BCUT2D eigenvalue weighted by atomic mass is 15.0. The molecule has 0 radical (unpaired) electrons. The van der Waals surface area contributed by atoms with Crippen LogP contribution in [0.4, 0.5) is 0 Å². The Labute approximate surface area is 470 Å². The standard InChI is InChI=1S/C76H49N5/c1-6-21-48(22-7-1)72-77-68(53-28-20-27-51(43-53)52-37-40-59-58-33-18-19-36-66(58)76(67(59)46-52,56-29-12-4-13-30-56)57-31-14-5-15-32-57)47-69(78-72)54-38-41-62-64(44-54)70-60-34-16-17-35-61(60)71(62)65-45-55(39-42-63(65)70)75-80-73(49-23-8-2-9-24-49)79-74(81-75)50-25-10-3-11-26-50/h1-47,70-71H. The minimum Gasteiger partial charge on any atom is -0.228 e. The van der Waals surface area contributed by atoms with Crippen molar-refractivity contribution in [2.45, 2.75) is 17.3 Å². The van der Waals surface area contributed by atoms with Gasteiger partial charge in [-0.3, -0.25) is 0 Å². The molecule has 0 spiro atoms. The summed E-state index contributed by atoms with van der Waals surface area (Å²) in [6.07, 6.45) is 0. The zero-order valence-electron chi connectivity index (χ0n) is 44.0. The maximum Gasteiger partial charge on any atom is 0.164 e. The van der Waals surface area contributed by atoms with E-state index in [1.165, 1.54) is 66.8 Å². The molecule has 5 heteroatoms. The van der Waals surface area contributed by atoms with E-state index in [1.807, 2.05) is 42.5 Å². The molecule has 11 aromatic carbocycles. The second-order valence-electron chi connectivity index (χ2n) is 21.4. The molecule has 81 heavy (non-hydrogen) atoms. The van der Waals surface area contributed by atoms with E-state index >= 15 is 0 Å². The van der Waals surface area contributed by atoms with Crippen molar-refractivity contribution in [3.63, 3.8) is 0 Å². The lowest BCUT2D eigenvalue weighted by atomic mass is 9.60. The number of hydrogen-bond acceptors (Lipinski definition) is 5. The molecule has 2 bridgehead atoms. The molecule has 13 aromatic rings. The third-order valence-electron chi connectivity index (χ3n) is 17.0. The van der Waals surface area contributed by atoms with Crippen LogP contribution in [-0.2, 0) is 5.41 Å². The van der Waals surface area contributed by atoms with Crippen molar-refractivity contribution in [1.29, 1.82) is 0 Å². The average Bonchev–Trinajstić information content (AvgIpc) is 4.08. The fourth-order valence-electron chi connectivity index (χ4n) is 13.4. The van der Waals surface area contributed by atoms with Gasteiger partial charge in [-0.2, -0.15) is 0 Å². The van der Waals surface area contributed by atoms with Crippen LogP contribution in [-0.4, -0.2) is 24.9 Å². The fourth-order valence-corrected chi connectivity index (χ4v) is 13.4. The molecule has 0 N–H and O–H groups in total. The van der Waals surface area contributed by atoms with Crippen LogP contribution in [0.15, 0.2) is 285 Å². The number of hydrogen-bond donors (Lipinski definition) is 0. The first-order valence-corrected chi connectivity index (χ1v) is 27.8. The monoisotopic (exact) mass is 1030 g/mol. The van der Waals surface area contributed by atoms with Crippen molar-refractivity contribution in [3.05, 3.63) is 341 Å². The van der Waals surface area contributed by atoms with Crippen LogP contribution in [0.5, 0.6) is 0 Å². The molecule has 2 aromatic heterocycles. The van der Waals surface area contributed by atoms with Gasteiger partial charge in [0.1, 0.15) is 0 Å². The highest BCUT2D eigenvalue weighted by Crippen LogP contribution is 2.58. The number of rotatable bonds is 9. The van der Waals surface area contributed by atoms with E-state index in [-0.39, 0.29) is 11.8 Å². The minimum atomic E-state index is -0.495. The zero-order valence-corrected chi connectivity index (χ0v) is 44.0. The van der Waals surface area contributed by atoms with E-state index in [2.05, 4.69) is 243 Å². The van der Waals surface area contributed by atoms with Gasteiger partial charge in [0.2, 0.25) is 0 Å². The highest BCUT2D eigenvalue weighted by molar-refractivity contribution is 5.89. The first-order valence-electron chi connectivity index (χ1n) is 27.8. The van der Waals surface area contributed by atoms with Crippen molar-refractivity contribution >= 4 is 0 Å². The second-order valence-corrected chi connectivity index (χ2v) is 21.4. The van der Waals surface area contributed by atoms with Gasteiger partial charge in [-0.1, -0.05) is 255 Å². The van der Waals surface area contributed by atoms with Gasteiger partial charge >= 0.3 is 0 Å². The lowest BCUT2D eigenvalue weighted by Crippen LogP contribution is -2.28. The molecule has 5 nitrogen and oxygen atoms in total. The van der Waals surface area contributed by atoms with E-state index < -0.39 is 5.41 Å². The molecule has 0 amide bonds. The molecule has 2 heterocycles. The van der Waals surface area contributed by atoms with Crippen LogP contribution in [0.1, 0.15) is 67.5 Å². The van der Waals surface area contributed by atoms with Crippen molar-refractivity contribution < 1.29 is 0 Å². The SMILES string of the molecule is c1ccc(-c2nc(-c3cccc(-c4ccc5c(c4)C(c4ccccc4)(c4ccccc4)c4ccccc4-5)c3)cc(-c3ccc4c(c3)C3c5ccccc5C4c4cc(-c5nc(-c6ccccc6)nc(-c6ccccc6)n5)ccc43)n2)cc1. The molecule has 17 rings (SSSR count). The van der Waals surface area contributed by atoms with Crippen molar-refractivity contribution in [3.8, 4) is 90.3 Å². The fraction of sp³-hybridized carbons (Fsp3) is 0.0395. The van der Waals surface area contributed by atoms with E-state index in [9.17, 15) is 0 Å². The Morgan fingerprint density at radius 1 is 0.222 bits per heavy atom. The van der Waals surface area contributed by atoms with Crippen molar-refractivity contribution in [2.75, 3.05) is 0 Å². The van der Waals surface area contributed by atoms with Gasteiger partial charge in [0.25, 0.3) is 0 Å². The average molecular weight is 1030 g/mol. The van der Waals surface area contributed by atoms with Gasteiger partial charge in [-0.25, -0.2) is 24.9 Å². The molecule has 0 saturated heterocycles. The van der Waals surface area contributed by atoms with Gasteiger partial charge in [0.05, 0.1) is 16.8 Å². The summed E-state index contributed by atoms with van der Waals surface area (Å²) in [5, 5.41) is 0. The Morgan fingerprint density at radius 2 is 0.605 bits per heavy atom. The summed E-state index contributed by atoms with van der Waals surface area (Å²) in [6, 6.07) is 103. The molecular weight excluding hydrogens is 983 g/mol. The van der Waals surface area contributed by atoms with Crippen LogP contribution in [0, 0.1) is 0 Å². The van der Waals surface area contributed by atoms with E-state index in [0.717, 1.165) is 55.9 Å². The summed E-state index contributed by atoms with van der Waals surface area (Å²) in [7, 11) is 0. The van der Waals surface area contributed by atoms with Gasteiger partial charge in [0, 0.05) is 45.2 Å². The Kier molecular flexibility index (Phi) is 10.9. The number of aromatic nitrogens is 5. The largest absolute Gasteiger partial charge is 0.228 e. The number of benzene rings is 11. The topological polar surface area (TPSA) is 64.5 Å². The predicted octanol–water partition coefficient (Wildman–Crippen LogP) is 17.7. The van der Waals surface area contributed by atoms with Crippen LogP contribution in [0.2, 0.25) is 0 Å². The van der Waals surface area contributed by atoms with Crippen LogP contribution in [0.25, 0.3) is 90.3 Å². The van der Waals surface area contributed by atoms with Crippen molar-refractivity contribution in [2.24, 2.45) is 0 Å². The Hall–Kier alpha value is -10.5. The summed E-state index contributed by atoms with van der Waals surface area (Å²) in [5.74, 6) is 2.69. The summed E-state index contributed by atoms with van der Waals surface area (Å²) in [6.45, 7) is 0. The van der Waals surface area contributed by atoms with Gasteiger partial charge in [-0.05, 0) is 108 Å². The minimum absolute atomic E-state index is 0.0248. The van der Waals surface area contributed by atoms with E-state index in [0.29, 0.717) is 23.3 Å². The maximum atomic E-state index is 5.39. The number of fused-ring (bicyclic) bond motifs is 3. The summed E-state index contributed by atoms with van der Waals surface area (Å²) in [5.41, 5.74) is 24.9. The van der Waals surface area contributed by atoms with Gasteiger partial charge in [0.15, 0.2) is 23.3 Å². The molecule has 4 aliphatic carbocycles. The first kappa shape index (κ1) is 46.6. The van der Waals surface area contributed by atoms with Crippen LogP contribution in [0.3, 0.4) is 0 Å². The summed E-state index contributed by atoms with van der Waals surface area (Å²) in [4.78, 5) is 26.0. The number of nitrogens with zero attached hydrogens (tertiary/aromatic N) is 5. The molecular formula is C76H49N5. The molecule has 2 unspecified atom stereocenters. The van der Waals surface area contributed by atoms with Gasteiger partial charge in [-0.15, -0.1) is 0 Å². The Balaban J connectivity index is 0.800. The van der Waals surface area contributed by atoms with E-state index in [1.54, 1.807) is 0 Å². The third kappa shape index (κ3) is 7.57. The Morgan fingerprint density at radius 3 is 1.17 bits per heavy atom. The summed E-state index contributed by atoms with van der Waals surface area (Å²) < 4.78 is 0.